The molecule has 3 atom stereocenters. The molecular weight excluding hydrogens is 452 g/mol. The van der Waals surface area contributed by atoms with E-state index < -0.39 is 6.04 Å². The molecule has 0 aliphatic carbocycles. The van der Waals surface area contributed by atoms with Crippen molar-refractivity contribution in [1.29, 1.82) is 0 Å². The summed E-state index contributed by atoms with van der Waals surface area (Å²) in [6.45, 7) is 11.3. The van der Waals surface area contributed by atoms with Crippen molar-refractivity contribution in [3.63, 3.8) is 0 Å². The molecule has 8 nitrogen and oxygen atoms in total. The summed E-state index contributed by atoms with van der Waals surface area (Å²) in [6.07, 6.45) is 1.26. The predicted octanol–water partition coefficient (Wildman–Crippen LogP) is 4.03. The highest BCUT2D eigenvalue weighted by Gasteiger charge is 2.27. The summed E-state index contributed by atoms with van der Waals surface area (Å²) in [5.41, 5.74) is 1.31. The molecule has 1 aliphatic rings. The average molecular weight is 489 g/mol. The number of nitrogens with zero attached hydrogens (tertiary/aromatic N) is 2. The lowest BCUT2D eigenvalue weighted by molar-refractivity contribution is -0.118. The molecule has 9 heteroatoms. The molecule has 1 saturated heterocycles. The van der Waals surface area contributed by atoms with Gasteiger partial charge in [-0.3, -0.25) is 14.5 Å². The van der Waals surface area contributed by atoms with Crippen LogP contribution in [0.15, 0.2) is 23.6 Å². The zero-order valence-electron chi connectivity index (χ0n) is 20.9. The van der Waals surface area contributed by atoms with Crippen molar-refractivity contribution in [1.82, 2.24) is 15.2 Å². The molecular formula is C25H36N4O4S. The van der Waals surface area contributed by atoms with E-state index in [-0.39, 0.29) is 17.7 Å². The van der Waals surface area contributed by atoms with E-state index in [1.165, 1.54) is 32.0 Å². The van der Waals surface area contributed by atoms with Gasteiger partial charge in [-0.05, 0) is 36.3 Å². The van der Waals surface area contributed by atoms with Crippen molar-refractivity contribution < 1.29 is 19.1 Å². The van der Waals surface area contributed by atoms with Crippen molar-refractivity contribution in [3.05, 3.63) is 34.8 Å². The van der Waals surface area contributed by atoms with Crippen LogP contribution < -0.4 is 20.1 Å². The quantitative estimate of drug-likeness (QED) is 0.554. The number of hydrogen-bond donors (Lipinski definition) is 2. The van der Waals surface area contributed by atoms with E-state index in [0.717, 1.165) is 25.3 Å². The van der Waals surface area contributed by atoms with Crippen LogP contribution in [0.5, 0.6) is 11.5 Å². The van der Waals surface area contributed by atoms with Crippen LogP contribution in [0, 0.1) is 17.8 Å². The summed E-state index contributed by atoms with van der Waals surface area (Å²) in [5, 5.41) is 8.26. The van der Waals surface area contributed by atoms with Gasteiger partial charge in [0, 0.05) is 36.6 Å². The molecule has 2 aromatic rings. The van der Waals surface area contributed by atoms with Crippen LogP contribution in [-0.2, 0) is 11.3 Å². The first-order valence-electron chi connectivity index (χ1n) is 11.7. The van der Waals surface area contributed by atoms with Crippen LogP contribution in [0.4, 0.5) is 5.13 Å². The number of amides is 2. The maximum absolute atomic E-state index is 13.0. The van der Waals surface area contributed by atoms with E-state index in [9.17, 15) is 9.59 Å². The highest BCUT2D eigenvalue weighted by Crippen LogP contribution is 2.25. The number of nitrogens with one attached hydrogen (secondary N) is 2. The van der Waals surface area contributed by atoms with E-state index in [1.54, 1.807) is 18.2 Å². The highest BCUT2D eigenvalue weighted by atomic mass is 32.1. The van der Waals surface area contributed by atoms with Crippen LogP contribution in [0.25, 0.3) is 0 Å². The van der Waals surface area contributed by atoms with E-state index in [0.29, 0.717) is 34.0 Å². The Balaban J connectivity index is 1.64. The number of carbonyl (C=O) groups is 2. The number of methoxy groups -OCH3 is 2. The maximum atomic E-state index is 13.0. The number of anilines is 1. The Labute approximate surface area is 206 Å². The minimum atomic E-state index is -0.721. The summed E-state index contributed by atoms with van der Waals surface area (Å²) in [7, 11) is 3.05. The van der Waals surface area contributed by atoms with Gasteiger partial charge in [-0.2, -0.15) is 0 Å². The second kappa shape index (κ2) is 11.7. The van der Waals surface area contributed by atoms with Gasteiger partial charge >= 0.3 is 0 Å². The van der Waals surface area contributed by atoms with Crippen LogP contribution in [-0.4, -0.2) is 55.0 Å². The minimum Gasteiger partial charge on any atom is -0.497 e. The number of likely N-dealkylation sites (tertiary alicyclic amines) is 1. The molecule has 1 aliphatic heterocycles. The summed E-state index contributed by atoms with van der Waals surface area (Å²) in [4.78, 5) is 33.0. The fraction of sp³-hybridized carbons (Fsp3) is 0.560. The average Bonchev–Trinajstić information content (AvgIpc) is 3.22. The molecule has 0 saturated carbocycles. The third-order valence-corrected chi connectivity index (χ3v) is 6.77. The number of benzene rings is 1. The van der Waals surface area contributed by atoms with E-state index in [2.05, 4.69) is 34.4 Å². The van der Waals surface area contributed by atoms with Crippen molar-refractivity contribution in [3.8, 4) is 11.5 Å². The first kappa shape index (κ1) is 26.0. The number of thiazole rings is 1. The van der Waals surface area contributed by atoms with Gasteiger partial charge < -0.3 is 20.1 Å². The second-order valence-corrected chi connectivity index (χ2v) is 10.4. The SMILES string of the molecule is COc1cc(OC)cc(C(=O)N[C@H](C(=O)Nc2nc(CN3C[C@H](C)C[C@H](C)C3)cs2)C(C)C)c1. The largest absolute Gasteiger partial charge is 0.497 e. The Morgan fingerprint density at radius 3 is 2.29 bits per heavy atom. The smallest absolute Gasteiger partial charge is 0.252 e. The minimum absolute atomic E-state index is 0.118. The molecule has 1 aromatic heterocycles. The van der Waals surface area contributed by atoms with Crippen LogP contribution in [0.3, 0.4) is 0 Å². The Kier molecular flexibility index (Phi) is 8.90. The Hall–Kier alpha value is -2.65. The van der Waals surface area contributed by atoms with Gasteiger partial charge in [-0.25, -0.2) is 4.98 Å². The van der Waals surface area contributed by atoms with Crippen molar-refractivity contribution in [2.45, 2.75) is 46.7 Å². The molecule has 0 radical (unpaired) electrons. The van der Waals surface area contributed by atoms with E-state index in [4.69, 9.17) is 9.47 Å². The lowest BCUT2D eigenvalue weighted by Crippen LogP contribution is -2.47. The Morgan fingerprint density at radius 2 is 1.74 bits per heavy atom. The topological polar surface area (TPSA) is 92.8 Å². The highest BCUT2D eigenvalue weighted by molar-refractivity contribution is 7.13. The first-order valence-corrected chi connectivity index (χ1v) is 12.6. The predicted molar refractivity (Wildman–Crippen MR) is 135 cm³/mol. The lowest BCUT2D eigenvalue weighted by Gasteiger charge is -2.34. The molecule has 1 aromatic carbocycles. The van der Waals surface area contributed by atoms with Crippen molar-refractivity contribution in [2.75, 3.05) is 32.6 Å². The number of piperidine rings is 1. The van der Waals surface area contributed by atoms with Crippen molar-refractivity contribution >= 4 is 28.3 Å². The first-order chi connectivity index (χ1) is 16.2. The molecule has 0 unspecified atom stereocenters. The zero-order chi connectivity index (χ0) is 24.8. The third kappa shape index (κ3) is 6.93. The summed E-state index contributed by atoms with van der Waals surface area (Å²) >= 11 is 1.41. The number of rotatable bonds is 9. The summed E-state index contributed by atoms with van der Waals surface area (Å²) in [5.74, 6) is 1.58. The molecule has 34 heavy (non-hydrogen) atoms. The van der Waals surface area contributed by atoms with E-state index in [1.807, 2.05) is 19.2 Å². The van der Waals surface area contributed by atoms with Gasteiger partial charge in [0.15, 0.2) is 5.13 Å². The van der Waals surface area contributed by atoms with Gasteiger partial charge in [-0.15, -0.1) is 11.3 Å². The monoisotopic (exact) mass is 488 g/mol. The van der Waals surface area contributed by atoms with Crippen LogP contribution in [0.2, 0.25) is 0 Å². The standard InChI is InChI=1S/C25H36N4O4S/c1-15(2)22(27-23(30)18-8-20(32-5)10-21(9-18)33-6)24(31)28-25-26-19(14-34-25)13-29-11-16(3)7-17(4)12-29/h8-10,14-17,22H,7,11-13H2,1-6H3,(H,27,30)(H,26,28,31)/t16-,17+,22-/m0/s1. The Bertz CT molecular complexity index is 961. The van der Waals surface area contributed by atoms with Crippen molar-refractivity contribution in [2.24, 2.45) is 17.8 Å². The van der Waals surface area contributed by atoms with Gasteiger partial charge in [-0.1, -0.05) is 27.7 Å². The van der Waals surface area contributed by atoms with Crippen LogP contribution >= 0.6 is 11.3 Å². The molecule has 1 fully saturated rings. The number of aromatic nitrogens is 1. The van der Waals surface area contributed by atoms with Crippen LogP contribution in [0.1, 0.15) is 50.2 Å². The molecule has 2 amide bonds. The second-order valence-electron chi connectivity index (χ2n) is 9.57. The molecule has 2 N–H and O–H groups in total. The number of carbonyl (C=O) groups excluding carboxylic acids is 2. The molecule has 186 valence electrons. The molecule has 0 spiro atoms. The maximum Gasteiger partial charge on any atom is 0.252 e. The molecule has 3 rings (SSSR count). The lowest BCUT2D eigenvalue weighted by atomic mass is 9.92. The van der Waals surface area contributed by atoms with Gasteiger partial charge in [0.25, 0.3) is 5.91 Å². The molecule has 0 bridgehead atoms. The fourth-order valence-electron chi connectivity index (χ4n) is 4.47. The van der Waals surface area contributed by atoms with Gasteiger partial charge in [0.1, 0.15) is 17.5 Å². The van der Waals surface area contributed by atoms with Gasteiger partial charge in [0.05, 0.1) is 19.9 Å². The van der Waals surface area contributed by atoms with E-state index >= 15 is 0 Å². The number of hydrogen-bond acceptors (Lipinski definition) is 7. The summed E-state index contributed by atoms with van der Waals surface area (Å²) in [6, 6.07) is 4.20. The molecule has 2 heterocycles. The normalized spacial score (nSPS) is 19.5. The van der Waals surface area contributed by atoms with Gasteiger partial charge in [0.2, 0.25) is 5.91 Å². The Morgan fingerprint density at radius 1 is 1.12 bits per heavy atom. The fourth-order valence-corrected chi connectivity index (χ4v) is 5.17. The third-order valence-electron chi connectivity index (χ3n) is 5.96. The zero-order valence-corrected chi connectivity index (χ0v) is 21.7. The summed E-state index contributed by atoms with van der Waals surface area (Å²) < 4.78 is 10.5. The number of ether oxygens (including phenoxy) is 2.